The van der Waals surface area contributed by atoms with Crippen LogP contribution in [0.25, 0.3) is 11.5 Å². The van der Waals surface area contributed by atoms with Crippen LogP contribution in [-0.4, -0.2) is 21.9 Å². The van der Waals surface area contributed by atoms with E-state index in [0.717, 1.165) is 17.5 Å². The molecule has 0 fully saturated rings. The maximum atomic E-state index is 12.4. The van der Waals surface area contributed by atoms with Gasteiger partial charge in [-0.25, -0.2) is 0 Å². The first-order valence-corrected chi connectivity index (χ1v) is 9.86. The van der Waals surface area contributed by atoms with E-state index < -0.39 is 0 Å². The number of carbonyl (C=O) groups excluding carboxylic acids is 1. The predicted molar refractivity (Wildman–Crippen MR) is 104 cm³/mol. The molecule has 3 aromatic rings. The number of nitrogens with zero attached hydrogens (tertiary/aromatic N) is 2. The third-order valence-corrected chi connectivity index (χ3v) is 4.89. The van der Waals surface area contributed by atoms with Crippen molar-refractivity contribution in [3.05, 3.63) is 54.0 Å². The number of hydrogen-bond acceptors (Lipinski definition) is 6. The molecule has 0 spiro atoms. The minimum atomic E-state index is -0.0613. The lowest BCUT2D eigenvalue weighted by atomic mass is 9.97. The quantitative estimate of drug-likeness (QED) is 0.569. The van der Waals surface area contributed by atoms with Crippen molar-refractivity contribution in [3.63, 3.8) is 0 Å². The van der Waals surface area contributed by atoms with Crippen LogP contribution < -0.4 is 5.32 Å². The number of amides is 1. The van der Waals surface area contributed by atoms with Crippen molar-refractivity contribution in [3.8, 4) is 11.5 Å². The normalized spacial score (nSPS) is 12.3. The molecule has 0 bridgehead atoms. The summed E-state index contributed by atoms with van der Waals surface area (Å²) in [4.78, 5) is 12.4. The Morgan fingerprint density at radius 2 is 1.96 bits per heavy atom. The number of nitrogens with one attached hydrogen (secondary N) is 1. The van der Waals surface area contributed by atoms with Crippen LogP contribution in [0, 0.1) is 12.8 Å². The minimum absolute atomic E-state index is 0.00822. The smallest absolute Gasteiger partial charge is 0.277 e. The number of rotatable bonds is 8. The van der Waals surface area contributed by atoms with Gasteiger partial charge in [0.2, 0.25) is 5.91 Å². The molecule has 0 aliphatic rings. The highest BCUT2D eigenvalue weighted by Gasteiger charge is 2.18. The molecule has 3 rings (SSSR count). The van der Waals surface area contributed by atoms with Crippen molar-refractivity contribution in [1.29, 1.82) is 0 Å². The van der Waals surface area contributed by atoms with Crippen LogP contribution in [0.1, 0.15) is 37.6 Å². The third kappa shape index (κ3) is 5.23. The predicted octanol–water partition coefficient (Wildman–Crippen LogP) is 4.63. The number of aryl methyl sites for hydroxylation is 1. The van der Waals surface area contributed by atoms with Gasteiger partial charge in [-0.1, -0.05) is 55.9 Å². The molecule has 6 nitrogen and oxygen atoms in total. The van der Waals surface area contributed by atoms with Crippen LogP contribution in [0.5, 0.6) is 0 Å². The third-order valence-electron chi connectivity index (χ3n) is 4.07. The number of hydrogen-bond donors (Lipinski definition) is 1. The summed E-state index contributed by atoms with van der Waals surface area (Å²) in [6.45, 7) is 6.13. The Kier molecular flexibility index (Phi) is 6.34. The van der Waals surface area contributed by atoms with E-state index in [1.165, 1.54) is 11.8 Å². The molecular formula is C20H23N3O3S. The zero-order valence-electron chi connectivity index (χ0n) is 15.6. The second-order valence-electron chi connectivity index (χ2n) is 6.71. The van der Waals surface area contributed by atoms with E-state index in [9.17, 15) is 4.79 Å². The molecule has 0 saturated heterocycles. The second kappa shape index (κ2) is 8.90. The first-order chi connectivity index (χ1) is 13.0. The maximum Gasteiger partial charge on any atom is 0.277 e. The summed E-state index contributed by atoms with van der Waals surface area (Å²) in [5.74, 6) is 1.74. The average Bonchev–Trinajstić information content (AvgIpc) is 3.28. The summed E-state index contributed by atoms with van der Waals surface area (Å²) in [6.07, 6.45) is 2.46. The molecule has 2 aromatic heterocycles. The molecule has 27 heavy (non-hydrogen) atoms. The molecule has 2 heterocycles. The second-order valence-corrected chi connectivity index (χ2v) is 7.64. The molecular weight excluding hydrogens is 362 g/mol. The molecule has 7 heteroatoms. The maximum absolute atomic E-state index is 12.4. The lowest BCUT2D eigenvalue weighted by Crippen LogP contribution is -2.30. The van der Waals surface area contributed by atoms with Crippen LogP contribution in [0.2, 0.25) is 0 Å². The zero-order valence-corrected chi connectivity index (χ0v) is 16.5. The van der Waals surface area contributed by atoms with Gasteiger partial charge in [-0.3, -0.25) is 4.79 Å². The van der Waals surface area contributed by atoms with Crippen LogP contribution in [0.15, 0.2) is 56.7 Å². The summed E-state index contributed by atoms with van der Waals surface area (Å²) in [7, 11) is 0. The Bertz CT molecular complexity index is 873. The van der Waals surface area contributed by atoms with Crippen molar-refractivity contribution in [1.82, 2.24) is 15.5 Å². The van der Waals surface area contributed by atoms with E-state index in [1.807, 2.05) is 37.3 Å². The van der Waals surface area contributed by atoms with Gasteiger partial charge in [0.05, 0.1) is 23.6 Å². The standard InChI is InChI=1S/C20H23N3O3S/c1-13(2)11-17(15-7-5-4-6-8-15)21-18(24)12-27-20-23-22-19(26-20)16-9-10-25-14(16)3/h4-10,13,17H,11-12H2,1-3H3,(H,21,24)/t17-/m1/s1. The Balaban J connectivity index is 1.58. The number of furan rings is 1. The minimum Gasteiger partial charge on any atom is -0.469 e. The average molecular weight is 385 g/mol. The van der Waals surface area contributed by atoms with Gasteiger partial charge < -0.3 is 14.2 Å². The summed E-state index contributed by atoms with van der Waals surface area (Å²) in [5.41, 5.74) is 1.87. The number of carbonyl (C=O) groups is 1. The fourth-order valence-electron chi connectivity index (χ4n) is 2.78. The molecule has 1 atom stereocenters. The fraction of sp³-hybridized carbons (Fsp3) is 0.350. The van der Waals surface area contributed by atoms with Crippen LogP contribution in [0.4, 0.5) is 0 Å². The molecule has 0 radical (unpaired) electrons. The van der Waals surface area contributed by atoms with Crippen molar-refractivity contribution in [2.45, 2.75) is 38.5 Å². The van der Waals surface area contributed by atoms with E-state index in [2.05, 4.69) is 29.4 Å². The van der Waals surface area contributed by atoms with Gasteiger partial charge in [-0.05, 0) is 30.9 Å². The van der Waals surface area contributed by atoms with Crippen molar-refractivity contribution < 1.29 is 13.6 Å². The molecule has 142 valence electrons. The highest BCUT2D eigenvalue weighted by Crippen LogP contribution is 2.26. The van der Waals surface area contributed by atoms with E-state index in [-0.39, 0.29) is 17.7 Å². The Morgan fingerprint density at radius 3 is 2.63 bits per heavy atom. The molecule has 0 aliphatic heterocycles. The van der Waals surface area contributed by atoms with Crippen molar-refractivity contribution in [2.75, 3.05) is 5.75 Å². The lowest BCUT2D eigenvalue weighted by Gasteiger charge is -2.21. The number of thioether (sulfide) groups is 1. The molecule has 1 amide bonds. The molecule has 1 aromatic carbocycles. The molecule has 0 aliphatic carbocycles. The SMILES string of the molecule is Cc1occc1-c1nnc(SCC(=O)N[C@H](CC(C)C)c2ccccc2)o1. The monoisotopic (exact) mass is 385 g/mol. The summed E-state index contributed by atoms with van der Waals surface area (Å²) in [6, 6.07) is 11.8. The highest BCUT2D eigenvalue weighted by atomic mass is 32.2. The van der Waals surface area contributed by atoms with E-state index in [4.69, 9.17) is 8.83 Å². The van der Waals surface area contributed by atoms with Crippen LogP contribution >= 0.6 is 11.8 Å². The van der Waals surface area contributed by atoms with E-state index in [1.54, 1.807) is 12.3 Å². The van der Waals surface area contributed by atoms with Crippen LogP contribution in [0.3, 0.4) is 0 Å². The van der Waals surface area contributed by atoms with Gasteiger partial charge in [-0.15, -0.1) is 10.2 Å². The fourth-order valence-corrected chi connectivity index (χ4v) is 3.36. The van der Waals surface area contributed by atoms with Gasteiger partial charge in [0, 0.05) is 0 Å². The Hall–Kier alpha value is -2.54. The Morgan fingerprint density at radius 1 is 1.19 bits per heavy atom. The van der Waals surface area contributed by atoms with Gasteiger partial charge in [0.15, 0.2) is 0 Å². The first-order valence-electron chi connectivity index (χ1n) is 8.88. The van der Waals surface area contributed by atoms with E-state index >= 15 is 0 Å². The first kappa shape index (κ1) is 19.2. The number of benzene rings is 1. The highest BCUT2D eigenvalue weighted by molar-refractivity contribution is 7.99. The van der Waals surface area contributed by atoms with Gasteiger partial charge in [0.1, 0.15) is 5.76 Å². The largest absolute Gasteiger partial charge is 0.469 e. The molecule has 1 N–H and O–H groups in total. The Labute approximate surface area is 162 Å². The summed E-state index contributed by atoms with van der Waals surface area (Å²) >= 11 is 1.23. The topological polar surface area (TPSA) is 81.2 Å². The summed E-state index contributed by atoms with van der Waals surface area (Å²) in [5, 5.41) is 11.5. The van der Waals surface area contributed by atoms with Crippen molar-refractivity contribution >= 4 is 17.7 Å². The van der Waals surface area contributed by atoms with Crippen molar-refractivity contribution in [2.24, 2.45) is 5.92 Å². The molecule has 0 unspecified atom stereocenters. The van der Waals surface area contributed by atoms with Crippen LogP contribution in [-0.2, 0) is 4.79 Å². The van der Waals surface area contributed by atoms with Gasteiger partial charge >= 0.3 is 0 Å². The number of aromatic nitrogens is 2. The van der Waals surface area contributed by atoms with Gasteiger partial charge in [0.25, 0.3) is 11.1 Å². The summed E-state index contributed by atoms with van der Waals surface area (Å²) < 4.78 is 10.9. The lowest BCUT2D eigenvalue weighted by molar-refractivity contribution is -0.119. The zero-order chi connectivity index (χ0) is 19.2. The van der Waals surface area contributed by atoms with Gasteiger partial charge in [-0.2, -0.15) is 0 Å². The van der Waals surface area contributed by atoms with E-state index in [0.29, 0.717) is 22.8 Å². The molecule has 0 saturated carbocycles.